The summed E-state index contributed by atoms with van der Waals surface area (Å²) < 4.78 is 1.28. The molecular weight excluding hydrogens is 454 g/mol. The molecule has 0 saturated heterocycles. The van der Waals surface area contributed by atoms with Crippen molar-refractivity contribution in [3.05, 3.63) is 68.7 Å². The van der Waals surface area contributed by atoms with Gasteiger partial charge < -0.3 is 15.5 Å². The van der Waals surface area contributed by atoms with Crippen LogP contribution in [-0.4, -0.2) is 55.1 Å². The fraction of sp³-hybridized carbons (Fsp3) is 0.480. The van der Waals surface area contributed by atoms with E-state index in [0.717, 1.165) is 18.4 Å². The van der Waals surface area contributed by atoms with Crippen molar-refractivity contribution in [2.75, 3.05) is 28.2 Å². The van der Waals surface area contributed by atoms with Crippen LogP contribution in [0.25, 0.3) is 0 Å². The maximum absolute atomic E-state index is 5.78. The zero-order valence-electron chi connectivity index (χ0n) is 18.6. The summed E-state index contributed by atoms with van der Waals surface area (Å²) in [6, 6.07) is 14.2. The fourth-order valence-corrected chi connectivity index (χ4v) is 5.37. The Morgan fingerprint density at radius 3 is 1.90 bits per heavy atom. The molecule has 0 bridgehead atoms. The van der Waals surface area contributed by atoms with Crippen molar-refractivity contribution in [1.29, 1.82) is 0 Å². The summed E-state index contributed by atoms with van der Waals surface area (Å²) in [4.78, 5) is 5.15. The van der Waals surface area contributed by atoms with Crippen molar-refractivity contribution in [2.24, 2.45) is 5.73 Å². The van der Waals surface area contributed by atoms with Crippen molar-refractivity contribution in [1.82, 2.24) is 9.80 Å². The molecule has 30 heavy (non-hydrogen) atoms. The molecule has 2 unspecified atom stereocenters. The lowest BCUT2D eigenvalue weighted by Gasteiger charge is -2.31. The number of nitrogens with zero attached hydrogens (tertiary/aromatic N) is 2. The summed E-state index contributed by atoms with van der Waals surface area (Å²) in [6.45, 7) is 0. The molecule has 3 nitrogen and oxygen atoms in total. The van der Waals surface area contributed by atoms with E-state index in [2.05, 4.69) is 84.3 Å². The third kappa shape index (κ3) is 5.50. The molecule has 0 heterocycles. The average molecular weight is 489 g/mol. The zero-order chi connectivity index (χ0) is 21.8. The Bertz CT molecular complexity index is 894. The molecule has 0 radical (unpaired) electrons. The molecule has 5 heteroatoms. The van der Waals surface area contributed by atoms with Gasteiger partial charge in [0.1, 0.15) is 4.99 Å². The minimum absolute atomic E-state index is 0.524. The molecule has 0 fully saturated rings. The molecule has 0 aromatic heterocycles. The number of halogens is 1. The first-order valence-electron chi connectivity index (χ1n) is 10.8. The van der Waals surface area contributed by atoms with E-state index in [4.69, 9.17) is 18.0 Å². The molecule has 2 N–H and O–H groups in total. The fourth-order valence-electron chi connectivity index (χ4n) is 4.61. The van der Waals surface area contributed by atoms with Gasteiger partial charge in [-0.3, -0.25) is 0 Å². The maximum Gasteiger partial charge on any atom is 0.104 e. The molecule has 162 valence electrons. The normalized spacial score (nSPS) is 20.2. The Kier molecular flexibility index (Phi) is 8.08. The summed E-state index contributed by atoms with van der Waals surface area (Å²) in [7, 11) is 8.62. The molecule has 0 saturated carbocycles. The lowest BCUT2D eigenvalue weighted by Crippen LogP contribution is -2.34. The van der Waals surface area contributed by atoms with Gasteiger partial charge in [-0.15, -0.1) is 0 Å². The molecule has 2 atom stereocenters. The van der Waals surface area contributed by atoms with Gasteiger partial charge in [0.25, 0.3) is 0 Å². The molecule has 4 rings (SSSR count). The third-order valence-electron chi connectivity index (χ3n) is 6.59. The van der Waals surface area contributed by atoms with Crippen LogP contribution in [0.2, 0.25) is 0 Å². The second kappa shape index (κ2) is 10.4. The van der Waals surface area contributed by atoms with Crippen molar-refractivity contribution in [3.8, 4) is 0 Å². The van der Waals surface area contributed by atoms with Crippen molar-refractivity contribution in [3.63, 3.8) is 0 Å². The van der Waals surface area contributed by atoms with Gasteiger partial charge in [0.15, 0.2) is 0 Å². The summed E-state index contributed by atoms with van der Waals surface area (Å²) in [5, 5.41) is 0. The number of hydrogen-bond acceptors (Lipinski definition) is 3. The summed E-state index contributed by atoms with van der Waals surface area (Å²) in [5.41, 5.74) is 12.7. The molecule has 2 aromatic rings. The summed E-state index contributed by atoms with van der Waals surface area (Å²) in [5.74, 6) is 0. The van der Waals surface area contributed by atoms with Crippen LogP contribution in [0.5, 0.6) is 0 Å². The monoisotopic (exact) mass is 487 g/mol. The van der Waals surface area contributed by atoms with Gasteiger partial charge in [-0.05, 0) is 95.0 Å². The highest BCUT2D eigenvalue weighted by Gasteiger charge is 2.23. The van der Waals surface area contributed by atoms with Crippen LogP contribution in [0, 0.1) is 0 Å². The van der Waals surface area contributed by atoms with Gasteiger partial charge in [-0.2, -0.15) is 0 Å². The largest absolute Gasteiger partial charge is 0.389 e. The summed E-state index contributed by atoms with van der Waals surface area (Å²) >= 11 is 8.76. The van der Waals surface area contributed by atoms with E-state index in [0.29, 0.717) is 17.1 Å². The number of rotatable bonds is 3. The highest BCUT2D eigenvalue weighted by molar-refractivity contribution is 9.10. The maximum atomic E-state index is 5.78. The van der Waals surface area contributed by atoms with Crippen molar-refractivity contribution >= 4 is 33.1 Å². The number of likely N-dealkylation sites (N-methyl/N-ethyl adjacent to an activating group) is 2. The molecular formula is C25H34BrN3S. The van der Waals surface area contributed by atoms with E-state index < -0.39 is 0 Å². The number of fused-ring (bicyclic) bond motifs is 2. The first-order chi connectivity index (χ1) is 14.3. The van der Waals surface area contributed by atoms with E-state index in [1.165, 1.54) is 52.4 Å². The Morgan fingerprint density at radius 2 is 1.37 bits per heavy atom. The minimum Gasteiger partial charge on any atom is -0.389 e. The Morgan fingerprint density at radius 1 is 0.867 bits per heavy atom. The molecule has 2 aliphatic carbocycles. The van der Waals surface area contributed by atoms with Gasteiger partial charge in [-0.25, -0.2) is 0 Å². The lowest BCUT2D eigenvalue weighted by atomic mass is 9.85. The van der Waals surface area contributed by atoms with Crippen LogP contribution in [0.1, 0.15) is 40.7 Å². The van der Waals surface area contributed by atoms with Crippen LogP contribution in [0.3, 0.4) is 0 Å². The quantitative estimate of drug-likeness (QED) is 0.640. The van der Waals surface area contributed by atoms with Crippen LogP contribution in [-0.2, 0) is 25.7 Å². The highest BCUT2D eigenvalue weighted by Crippen LogP contribution is 2.29. The number of benzene rings is 2. The topological polar surface area (TPSA) is 32.5 Å². The van der Waals surface area contributed by atoms with Gasteiger partial charge in [0, 0.05) is 22.1 Å². The van der Waals surface area contributed by atoms with E-state index >= 15 is 0 Å². The second-order valence-electron chi connectivity index (χ2n) is 8.91. The van der Waals surface area contributed by atoms with Gasteiger partial charge in [0.2, 0.25) is 0 Å². The minimum atomic E-state index is 0.524. The number of thiocarbonyl (C=S) groups is 1. The van der Waals surface area contributed by atoms with Gasteiger partial charge >= 0.3 is 0 Å². The lowest BCUT2D eigenvalue weighted by molar-refractivity contribution is 0.268. The SMILES string of the molecule is CN(C)C1CCc2cccc(Br)c2C1.CN(C)C1CCc2cccc(C(N)=S)c2C1. The van der Waals surface area contributed by atoms with Gasteiger partial charge in [0.05, 0.1) is 0 Å². The highest BCUT2D eigenvalue weighted by atomic mass is 79.9. The Labute approximate surface area is 195 Å². The summed E-state index contributed by atoms with van der Waals surface area (Å²) in [6.07, 6.45) is 7.11. The predicted molar refractivity (Wildman–Crippen MR) is 135 cm³/mol. The van der Waals surface area contributed by atoms with Crippen LogP contribution in [0.15, 0.2) is 40.9 Å². The smallest absolute Gasteiger partial charge is 0.104 e. The van der Waals surface area contributed by atoms with E-state index in [1.54, 1.807) is 0 Å². The van der Waals surface area contributed by atoms with Crippen LogP contribution >= 0.6 is 28.1 Å². The van der Waals surface area contributed by atoms with Crippen LogP contribution < -0.4 is 5.73 Å². The average Bonchev–Trinajstić information content (AvgIpc) is 2.73. The van der Waals surface area contributed by atoms with Gasteiger partial charge in [-0.1, -0.05) is 58.5 Å². The molecule has 0 spiro atoms. The molecule has 2 aliphatic rings. The van der Waals surface area contributed by atoms with Crippen molar-refractivity contribution < 1.29 is 0 Å². The van der Waals surface area contributed by atoms with Crippen molar-refractivity contribution in [2.45, 2.75) is 50.6 Å². The molecule has 2 aromatic carbocycles. The molecule has 0 amide bonds. The first-order valence-corrected chi connectivity index (χ1v) is 12.0. The first kappa shape index (κ1) is 23.4. The predicted octanol–water partition coefficient (Wildman–Crippen LogP) is 4.61. The second-order valence-corrected chi connectivity index (χ2v) is 10.2. The Balaban J connectivity index is 0.000000172. The van der Waals surface area contributed by atoms with E-state index in [9.17, 15) is 0 Å². The number of hydrogen-bond donors (Lipinski definition) is 1. The number of nitrogens with two attached hydrogens (primary N) is 1. The third-order valence-corrected chi connectivity index (χ3v) is 7.55. The standard InChI is InChI=1S/C13H18N2S.C12H16BrN/c1-15(2)10-7-6-9-4-3-5-11(13(14)16)12(9)8-10;1-14(2)10-7-6-9-4-3-5-12(13)11(9)8-10/h3-5,10H,6-8H2,1-2H3,(H2,14,16);3-5,10H,6-8H2,1-2H3. The number of aryl methyl sites for hydroxylation is 2. The van der Waals surface area contributed by atoms with E-state index in [1.807, 2.05) is 6.07 Å². The zero-order valence-corrected chi connectivity index (χ0v) is 21.0. The Hall–Kier alpha value is -1.27. The molecule has 0 aliphatic heterocycles. The van der Waals surface area contributed by atoms with E-state index in [-0.39, 0.29) is 0 Å². The van der Waals surface area contributed by atoms with Crippen LogP contribution in [0.4, 0.5) is 0 Å².